The summed E-state index contributed by atoms with van der Waals surface area (Å²) < 4.78 is 0. The fourth-order valence-electron chi connectivity index (χ4n) is 3.81. The summed E-state index contributed by atoms with van der Waals surface area (Å²) in [6.07, 6.45) is 1.09. The van der Waals surface area contributed by atoms with Crippen LogP contribution in [0.2, 0.25) is 0 Å². The molecule has 166 valence electrons. The highest BCUT2D eigenvalue weighted by molar-refractivity contribution is 6.05. The fraction of sp³-hybridized carbons (Fsp3) is 0.0690. The van der Waals surface area contributed by atoms with Gasteiger partial charge in [0.05, 0.1) is 17.2 Å². The summed E-state index contributed by atoms with van der Waals surface area (Å²) >= 11 is 0. The standard InChI is InChI=1S/C29H22N2O3/c30-19-23-10-4-8-22(15-23)17-26-18-25(29(33)34)12-13-27(26)31-28(32)24-11-5-9-21(16-24)14-20-6-2-1-3-7-20/h1-13,15-16,18H,14,17H2,(H,31,32)(H,33,34). The van der Waals surface area contributed by atoms with E-state index in [2.05, 4.69) is 11.4 Å². The van der Waals surface area contributed by atoms with Gasteiger partial charge in [0.25, 0.3) is 5.91 Å². The number of carboxylic acids is 1. The maximum absolute atomic E-state index is 13.1. The van der Waals surface area contributed by atoms with Gasteiger partial charge in [-0.25, -0.2) is 4.79 Å². The van der Waals surface area contributed by atoms with E-state index < -0.39 is 5.97 Å². The number of aromatic carboxylic acids is 1. The minimum atomic E-state index is -1.04. The summed E-state index contributed by atoms with van der Waals surface area (Å²) in [6.45, 7) is 0. The van der Waals surface area contributed by atoms with Crippen LogP contribution in [0, 0.1) is 11.3 Å². The molecule has 0 bridgehead atoms. The van der Waals surface area contributed by atoms with Gasteiger partial charge in [-0.05, 0) is 77.6 Å². The molecular formula is C29H22N2O3. The number of anilines is 1. The zero-order chi connectivity index (χ0) is 23.9. The molecule has 4 aromatic rings. The molecule has 0 aromatic heterocycles. The zero-order valence-electron chi connectivity index (χ0n) is 18.4. The second-order valence-corrected chi connectivity index (χ2v) is 7.98. The average molecular weight is 447 g/mol. The molecule has 0 spiro atoms. The first-order valence-electron chi connectivity index (χ1n) is 10.8. The van der Waals surface area contributed by atoms with E-state index in [1.807, 2.05) is 54.6 Å². The molecule has 0 heterocycles. The maximum Gasteiger partial charge on any atom is 0.335 e. The van der Waals surface area contributed by atoms with Gasteiger partial charge in [0, 0.05) is 11.3 Å². The van der Waals surface area contributed by atoms with E-state index in [0.29, 0.717) is 28.8 Å². The molecule has 0 unspecified atom stereocenters. The Balaban J connectivity index is 1.59. The highest BCUT2D eigenvalue weighted by Crippen LogP contribution is 2.23. The molecule has 0 saturated heterocycles. The predicted octanol–water partition coefficient (Wildman–Crippen LogP) is 5.69. The summed E-state index contributed by atoms with van der Waals surface area (Å²) in [6, 6.07) is 31.4. The third-order valence-electron chi connectivity index (χ3n) is 5.49. The predicted molar refractivity (Wildman–Crippen MR) is 131 cm³/mol. The van der Waals surface area contributed by atoms with E-state index in [-0.39, 0.29) is 11.5 Å². The molecule has 4 rings (SSSR count). The lowest BCUT2D eigenvalue weighted by Gasteiger charge is -2.13. The van der Waals surface area contributed by atoms with Gasteiger partial charge >= 0.3 is 5.97 Å². The molecule has 0 aliphatic carbocycles. The second kappa shape index (κ2) is 10.3. The van der Waals surface area contributed by atoms with Crippen molar-refractivity contribution in [3.63, 3.8) is 0 Å². The lowest BCUT2D eigenvalue weighted by Crippen LogP contribution is -2.14. The van der Waals surface area contributed by atoms with Crippen LogP contribution in [0.5, 0.6) is 0 Å². The highest BCUT2D eigenvalue weighted by atomic mass is 16.4. The zero-order valence-corrected chi connectivity index (χ0v) is 18.4. The number of rotatable bonds is 7. The smallest absolute Gasteiger partial charge is 0.335 e. The minimum Gasteiger partial charge on any atom is -0.478 e. The monoisotopic (exact) mass is 446 g/mol. The number of nitrogens with zero attached hydrogens (tertiary/aromatic N) is 1. The van der Waals surface area contributed by atoms with Gasteiger partial charge in [0.1, 0.15) is 0 Å². The Morgan fingerprint density at radius 1 is 0.735 bits per heavy atom. The number of benzene rings is 4. The van der Waals surface area contributed by atoms with Crippen molar-refractivity contribution in [3.8, 4) is 6.07 Å². The lowest BCUT2D eigenvalue weighted by molar-refractivity contribution is 0.0696. The Hall–Kier alpha value is -4.69. The minimum absolute atomic E-state index is 0.134. The Kier molecular flexibility index (Phi) is 6.81. The summed E-state index contributed by atoms with van der Waals surface area (Å²) in [7, 11) is 0. The maximum atomic E-state index is 13.1. The number of nitriles is 1. The van der Waals surface area contributed by atoms with Gasteiger partial charge in [-0.1, -0.05) is 54.6 Å². The molecule has 0 aliphatic heterocycles. The SMILES string of the molecule is N#Cc1cccc(Cc2cc(C(=O)O)ccc2NC(=O)c2cccc(Cc3ccccc3)c2)c1. The van der Waals surface area contributed by atoms with Gasteiger partial charge < -0.3 is 10.4 Å². The van der Waals surface area contributed by atoms with E-state index in [4.69, 9.17) is 0 Å². The molecule has 0 radical (unpaired) electrons. The van der Waals surface area contributed by atoms with Crippen LogP contribution in [0.3, 0.4) is 0 Å². The van der Waals surface area contributed by atoms with E-state index in [1.165, 1.54) is 6.07 Å². The molecule has 0 atom stereocenters. The van der Waals surface area contributed by atoms with Crippen molar-refractivity contribution in [2.45, 2.75) is 12.8 Å². The number of carboxylic acid groups (broad SMARTS) is 1. The first-order valence-corrected chi connectivity index (χ1v) is 10.8. The van der Waals surface area contributed by atoms with E-state index >= 15 is 0 Å². The van der Waals surface area contributed by atoms with Gasteiger partial charge in [-0.3, -0.25) is 4.79 Å². The van der Waals surface area contributed by atoms with Crippen LogP contribution in [-0.4, -0.2) is 17.0 Å². The second-order valence-electron chi connectivity index (χ2n) is 7.98. The van der Waals surface area contributed by atoms with Crippen LogP contribution < -0.4 is 5.32 Å². The molecule has 5 heteroatoms. The molecule has 1 amide bonds. The van der Waals surface area contributed by atoms with Crippen molar-refractivity contribution in [1.29, 1.82) is 5.26 Å². The average Bonchev–Trinajstić information content (AvgIpc) is 2.86. The van der Waals surface area contributed by atoms with Crippen LogP contribution >= 0.6 is 0 Å². The third-order valence-corrected chi connectivity index (χ3v) is 5.49. The summed E-state index contributed by atoms with van der Waals surface area (Å²) in [5, 5.41) is 21.5. The topological polar surface area (TPSA) is 90.2 Å². The van der Waals surface area contributed by atoms with Gasteiger partial charge in [0.2, 0.25) is 0 Å². The Labute approximate surface area is 197 Å². The van der Waals surface area contributed by atoms with Crippen molar-refractivity contribution in [2.24, 2.45) is 0 Å². The van der Waals surface area contributed by atoms with Crippen LogP contribution in [0.15, 0.2) is 97.1 Å². The molecule has 0 fully saturated rings. The van der Waals surface area contributed by atoms with E-state index in [9.17, 15) is 20.0 Å². The normalized spacial score (nSPS) is 10.3. The van der Waals surface area contributed by atoms with Crippen molar-refractivity contribution >= 4 is 17.6 Å². The number of nitrogens with one attached hydrogen (secondary N) is 1. The molecule has 2 N–H and O–H groups in total. The molecular weight excluding hydrogens is 424 g/mol. The van der Waals surface area contributed by atoms with Gasteiger partial charge in [-0.15, -0.1) is 0 Å². The first kappa shape index (κ1) is 22.5. The Morgan fingerprint density at radius 2 is 1.44 bits per heavy atom. The number of hydrogen-bond donors (Lipinski definition) is 2. The number of carbonyl (C=O) groups is 2. The van der Waals surface area contributed by atoms with Crippen LogP contribution in [0.25, 0.3) is 0 Å². The Bertz CT molecular complexity index is 1390. The van der Waals surface area contributed by atoms with Crippen LogP contribution in [0.4, 0.5) is 5.69 Å². The molecule has 0 saturated carbocycles. The Morgan fingerprint density at radius 3 is 2.18 bits per heavy atom. The van der Waals surface area contributed by atoms with Crippen molar-refractivity contribution in [1.82, 2.24) is 0 Å². The van der Waals surface area contributed by atoms with E-state index in [1.54, 1.807) is 36.4 Å². The van der Waals surface area contributed by atoms with Crippen molar-refractivity contribution < 1.29 is 14.7 Å². The number of hydrogen-bond acceptors (Lipinski definition) is 3. The van der Waals surface area contributed by atoms with Crippen molar-refractivity contribution in [3.05, 3.63) is 136 Å². The van der Waals surface area contributed by atoms with E-state index in [0.717, 1.165) is 23.1 Å². The van der Waals surface area contributed by atoms with Crippen LogP contribution in [-0.2, 0) is 12.8 Å². The van der Waals surface area contributed by atoms with Gasteiger partial charge in [-0.2, -0.15) is 5.26 Å². The summed E-state index contributed by atoms with van der Waals surface area (Å²) in [4.78, 5) is 24.6. The number of amides is 1. The first-order chi connectivity index (χ1) is 16.5. The molecule has 4 aromatic carbocycles. The summed E-state index contributed by atoms with van der Waals surface area (Å²) in [5.74, 6) is -1.32. The number of carbonyl (C=O) groups excluding carboxylic acids is 1. The molecule has 0 aliphatic rings. The highest BCUT2D eigenvalue weighted by Gasteiger charge is 2.14. The third kappa shape index (κ3) is 5.56. The van der Waals surface area contributed by atoms with Gasteiger partial charge in [0.15, 0.2) is 0 Å². The molecule has 5 nitrogen and oxygen atoms in total. The molecule has 34 heavy (non-hydrogen) atoms. The largest absolute Gasteiger partial charge is 0.478 e. The fourth-order valence-corrected chi connectivity index (χ4v) is 3.81. The summed E-state index contributed by atoms with van der Waals surface area (Å²) in [5.41, 5.74) is 5.39. The lowest BCUT2D eigenvalue weighted by atomic mass is 9.99. The van der Waals surface area contributed by atoms with Crippen molar-refractivity contribution in [2.75, 3.05) is 5.32 Å². The quantitative estimate of drug-likeness (QED) is 0.382. The van der Waals surface area contributed by atoms with Crippen LogP contribution in [0.1, 0.15) is 48.5 Å².